The standard InChI is InChI=1S/C13H15N3O3/c17-12(15-10-6-16(7-10)13(18)19)11-5-9(3-4-14-11)8-1-2-8/h3-5,8,10H,1-2,6-7H2,(H,15,17)(H,18,19). The summed E-state index contributed by atoms with van der Waals surface area (Å²) in [7, 11) is 0. The minimum atomic E-state index is -0.945. The highest BCUT2D eigenvalue weighted by Gasteiger charge is 2.32. The molecule has 1 saturated heterocycles. The van der Waals surface area contributed by atoms with Crippen molar-refractivity contribution in [3.05, 3.63) is 29.6 Å². The predicted molar refractivity (Wildman–Crippen MR) is 67.1 cm³/mol. The second-order valence-electron chi connectivity index (χ2n) is 5.11. The van der Waals surface area contributed by atoms with Crippen molar-refractivity contribution >= 4 is 12.0 Å². The van der Waals surface area contributed by atoms with Crippen LogP contribution in [0.3, 0.4) is 0 Å². The summed E-state index contributed by atoms with van der Waals surface area (Å²) in [4.78, 5) is 27.9. The lowest BCUT2D eigenvalue weighted by atomic mass is 10.1. The number of rotatable bonds is 3. The molecule has 1 aromatic heterocycles. The number of likely N-dealkylation sites (tertiary alicyclic amines) is 1. The number of carbonyl (C=O) groups excluding carboxylic acids is 1. The number of nitrogens with zero attached hydrogens (tertiary/aromatic N) is 2. The largest absolute Gasteiger partial charge is 0.465 e. The third kappa shape index (κ3) is 2.52. The monoisotopic (exact) mass is 261 g/mol. The lowest BCUT2D eigenvalue weighted by Gasteiger charge is -2.37. The molecule has 0 spiro atoms. The minimum absolute atomic E-state index is 0.102. The first-order valence-corrected chi connectivity index (χ1v) is 6.38. The highest BCUT2D eigenvalue weighted by molar-refractivity contribution is 5.92. The molecule has 2 heterocycles. The zero-order valence-electron chi connectivity index (χ0n) is 10.4. The number of hydrogen-bond acceptors (Lipinski definition) is 3. The average Bonchev–Trinajstić information content (AvgIpc) is 3.16. The SMILES string of the molecule is O=C(NC1CN(C(=O)O)C1)c1cc(C2CC2)ccn1. The average molecular weight is 261 g/mol. The Bertz CT molecular complexity index is 522. The maximum atomic E-state index is 12.0. The zero-order valence-corrected chi connectivity index (χ0v) is 10.4. The Hall–Kier alpha value is -2.11. The van der Waals surface area contributed by atoms with Gasteiger partial charge in [0.05, 0.1) is 6.04 Å². The van der Waals surface area contributed by atoms with Gasteiger partial charge in [-0.15, -0.1) is 0 Å². The Balaban J connectivity index is 1.58. The number of pyridine rings is 1. The van der Waals surface area contributed by atoms with E-state index in [1.807, 2.05) is 12.1 Å². The molecule has 2 amide bonds. The smallest absolute Gasteiger partial charge is 0.407 e. The molecule has 2 fully saturated rings. The van der Waals surface area contributed by atoms with E-state index in [4.69, 9.17) is 5.11 Å². The molecule has 1 aliphatic carbocycles. The van der Waals surface area contributed by atoms with E-state index in [9.17, 15) is 9.59 Å². The molecule has 1 aromatic rings. The van der Waals surface area contributed by atoms with E-state index in [0.29, 0.717) is 24.7 Å². The molecule has 6 nitrogen and oxygen atoms in total. The highest BCUT2D eigenvalue weighted by atomic mass is 16.4. The second-order valence-corrected chi connectivity index (χ2v) is 5.11. The summed E-state index contributed by atoms with van der Waals surface area (Å²) in [6.07, 6.45) is 3.08. The van der Waals surface area contributed by atoms with Gasteiger partial charge in [-0.2, -0.15) is 0 Å². The fourth-order valence-corrected chi connectivity index (χ4v) is 2.23. The molecule has 3 rings (SSSR count). The van der Waals surface area contributed by atoms with E-state index in [1.165, 1.54) is 23.3 Å². The van der Waals surface area contributed by atoms with Crippen LogP contribution in [0.15, 0.2) is 18.3 Å². The van der Waals surface area contributed by atoms with Gasteiger partial charge in [0.1, 0.15) is 5.69 Å². The summed E-state index contributed by atoms with van der Waals surface area (Å²) in [6.45, 7) is 0.701. The number of nitrogens with one attached hydrogen (secondary N) is 1. The quantitative estimate of drug-likeness (QED) is 0.852. The van der Waals surface area contributed by atoms with Gasteiger partial charge in [-0.25, -0.2) is 4.79 Å². The summed E-state index contributed by atoms with van der Waals surface area (Å²) in [5.74, 6) is 0.360. The summed E-state index contributed by atoms with van der Waals surface area (Å²) in [5.41, 5.74) is 1.58. The maximum absolute atomic E-state index is 12.0. The lowest BCUT2D eigenvalue weighted by Crippen LogP contribution is -2.60. The second kappa shape index (κ2) is 4.53. The highest BCUT2D eigenvalue weighted by Crippen LogP contribution is 2.39. The molecule has 0 atom stereocenters. The van der Waals surface area contributed by atoms with Gasteiger partial charge in [0, 0.05) is 19.3 Å². The number of carbonyl (C=O) groups is 2. The summed E-state index contributed by atoms with van der Waals surface area (Å²) < 4.78 is 0. The minimum Gasteiger partial charge on any atom is -0.465 e. The van der Waals surface area contributed by atoms with Crippen LogP contribution in [0, 0.1) is 0 Å². The van der Waals surface area contributed by atoms with Gasteiger partial charge in [-0.05, 0) is 36.5 Å². The van der Waals surface area contributed by atoms with Crippen molar-refractivity contribution in [2.45, 2.75) is 24.8 Å². The summed E-state index contributed by atoms with van der Waals surface area (Å²) in [6, 6.07) is 3.68. The molecule has 0 aromatic carbocycles. The van der Waals surface area contributed by atoms with Crippen LogP contribution in [-0.4, -0.2) is 46.1 Å². The van der Waals surface area contributed by atoms with Crippen LogP contribution in [0.1, 0.15) is 34.8 Å². The van der Waals surface area contributed by atoms with Gasteiger partial charge in [0.2, 0.25) is 0 Å². The Labute approximate surface area is 110 Å². The number of amides is 2. The fourth-order valence-electron chi connectivity index (χ4n) is 2.23. The van der Waals surface area contributed by atoms with E-state index in [0.717, 1.165) is 0 Å². The van der Waals surface area contributed by atoms with Crippen molar-refractivity contribution in [3.63, 3.8) is 0 Å². The summed E-state index contributed by atoms with van der Waals surface area (Å²) in [5, 5.41) is 11.5. The Morgan fingerprint density at radius 3 is 2.74 bits per heavy atom. The normalized spacial score (nSPS) is 18.8. The Morgan fingerprint density at radius 1 is 1.37 bits per heavy atom. The van der Waals surface area contributed by atoms with E-state index < -0.39 is 6.09 Å². The van der Waals surface area contributed by atoms with Gasteiger partial charge in [-0.3, -0.25) is 9.78 Å². The first-order valence-electron chi connectivity index (χ1n) is 6.38. The zero-order chi connectivity index (χ0) is 13.4. The number of aromatic nitrogens is 1. The van der Waals surface area contributed by atoms with Crippen LogP contribution < -0.4 is 5.32 Å². The van der Waals surface area contributed by atoms with Crippen LogP contribution in [0.2, 0.25) is 0 Å². The Kier molecular flexibility index (Phi) is 2.85. The van der Waals surface area contributed by atoms with E-state index >= 15 is 0 Å². The van der Waals surface area contributed by atoms with Gasteiger partial charge in [0.25, 0.3) is 5.91 Å². The maximum Gasteiger partial charge on any atom is 0.407 e. The third-order valence-electron chi connectivity index (χ3n) is 3.55. The van der Waals surface area contributed by atoms with Crippen molar-refractivity contribution in [2.24, 2.45) is 0 Å². The number of carboxylic acid groups (broad SMARTS) is 1. The molecular weight excluding hydrogens is 246 g/mol. The third-order valence-corrected chi connectivity index (χ3v) is 3.55. The molecule has 1 aliphatic heterocycles. The lowest BCUT2D eigenvalue weighted by molar-refractivity contribution is 0.0764. The van der Waals surface area contributed by atoms with Crippen molar-refractivity contribution in [3.8, 4) is 0 Å². The van der Waals surface area contributed by atoms with E-state index in [1.54, 1.807) is 6.20 Å². The van der Waals surface area contributed by atoms with Crippen LogP contribution in [0.4, 0.5) is 4.79 Å². The molecule has 19 heavy (non-hydrogen) atoms. The van der Waals surface area contributed by atoms with E-state index in [2.05, 4.69) is 10.3 Å². The molecule has 1 saturated carbocycles. The fraction of sp³-hybridized carbons (Fsp3) is 0.462. The van der Waals surface area contributed by atoms with Crippen LogP contribution >= 0.6 is 0 Å². The van der Waals surface area contributed by atoms with Crippen LogP contribution in [-0.2, 0) is 0 Å². The first kappa shape index (κ1) is 12.0. The van der Waals surface area contributed by atoms with Gasteiger partial charge >= 0.3 is 6.09 Å². The number of hydrogen-bond donors (Lipinski definition) is 2. The van der Waals surface area contributed by atoms with Crippen LogP contribution in [0.5, 0.6) is 0 Å². The Morgan fingerprint density at radius 2 is 2.11 bits per heavy atom. The van der Waals surface area contributed by atoms with Gasteiger partial charge in [-0.1, -0.05) is 0 Å². The van der Waals surface area contributed by atoms with Gasteiger partial charge in [0.15, 0.2) is 0 Å². The molecule has 0 unspecified atom stereocenters. The van der Waals surface area contributed by atoms with Crippen molar-refractivity contribution < 1.29 is 14.7 Å². The molecule has 100 valence electrons. The van der Waals surface area contributed by atoms with Crippen molar-refractivity contribution in [1.82, 2.24) is 15.2 Å². The van der Waals surface area contributed by atoms with Gasteiger partial charge < -0.3 is 15.3 Å². The van der Waals surface area contributed by atoms with Crippen molar-refractivity contribution in [1.29, 1.82) is 0 Å². The van der Waals surface area contributed by atoms with E-state index in [-0.39, 0.29) is 11.9 Å². The topological polar surface area (TPSA) is 82.5 Å². The molecule has 0 radical (unpaired) electrons. The molecular formula is C13H15N3O3. The molecule has 6 heteroatoms. The molecule has 0 bridgehead atoms. The van der Waals surface area contributed by atoms with Crippen molar-refractivity contribution in [2.75, 3.05) is 13.1 Å². The van der Waals surface area contributed by atoms with Crippen LogP contribution in [0.25, 0.3) is 0 Å². The molecule has 2 aliphatic rings. The molecule has 2 N–H and O–H groups in total. The predicted octanol–water partition coefficient (Wildman–Crippen LogP) is 1.05. The first-order chi connectivity index (χ1) is 9.13. The summed E-state index contributed by atoms with van der Waals surface area (Å²) >= 11 is 0.